The van der Waals surface area contributed by atoms with Gasteiger partial charge in [-0.05, 0) is 69.4 Å². The summed E-state index contributed by atoms with van der Waals surface area (Å²) in [6, 6.07) is 2.98. The summed E-state index contributed by atoms with van der Waals surface area (Å²) in [4.78, 5) is 167. The van der Waals surface area contributed by atoms with Crippen LogP contribution in [0, 0.1) is 0 Å². The molecule has 3 aliphatic heterocycles. The summed E-state index contributed by atoms with van der Waals surface area (Å²) in [5.41, 5.74) is 9.31. The molecule has 0 spiro atoms. The Labute approximate surface area is 568 Å². The Morgan fingerprint density at radius 3 is 1.73 bits per heavy atom. The van der Waals surface area contributed by atoms with Gasteiger partial charge in [-0.1, -0.05) is 57.9 Å². The highest BCUT2D eigenvalue weighted by molar-refractivity contribution is 6.74. The third-order valence-electron chi connectivity index (χ3n) is 15.7. The Bertz CT molecular complexity index is 3040. The highest BCUT2D eigenvalue weighted by Crippen LogP contribution is 2.44. The van der Waals surface area contributed by atoms with E-state index in [1.807, 2.05) is 20.8 Å². The Balaban J connectivity index is 2.19. The zero-order chi connectivity index (χ0) is 73.9. The van der Waals surface area contributed by atoms with Gasteiger partial charge in [-0.15, -0.1) is 0 Å². The van der Waals surface area contributed by atoms with E-state index in [9.17, 15) is 58.3 Å². The molecule has 1 N–H and O–H groups in total. The van der Waals surface area contributed by atoms with Gasteiger partial charge in [-0.3, -0.25) is 48.1 Å². The second kappa shape index (κ2) is 36.2. The van der Waals surface area contributed by atoms with E-state index >= 15 is 4.79 Å². The zero-order valence-electron chi connectivity index (χ0n) is 58.7. The maximum absolute atomic E-state index is 15.2. The van der Waals surface area contributed by atoms with Crippen molar-refractivity contribution in [2.75, 3.05) is 33.5 Å². The summed E-state index contributed by atoms with van der Waals surface area (Å²) in [5, 5.41) is 5.97. The summed E-state index contributed by atoms with van der Waals surface area (Å²) >= 11 is 0. The molecule has 1 aromatic carbocycles. The molecule has 0 aromatic heterocycles. The molecular formula is C63H93N5O29Si. The number of carbonyl (C=O) groups is 12. The molecule has 4 rings (SSSR count). The Morgan fingerprint density at radius 2 is 1.24 bits per heavy atom. The minimum atomic E-state index is -3.24. The molecule has 3 saturated heterocycles. The van der Waals surface area contributed by atoms with E-state index < -0.39 is 227 Å². The van der Waals surface area contributed by atoms with Gasteiger partial charge in [-0.25, -0.2) is 14.4 Å². The minimum Gasteiger partial charge on any atom is -0.465 e. The smallest absolute Gasteiger partial charge is 0.411 e. The molecule has 3 heterocycles. The topological polar surface area (TPSA) is 426 Å². The molecule has 98 heavy (non-hydrogen) atoms. The molecule has 548 valence electrons. The molecule has 2 amide bonds. The van der Waals surface area contributed by atoms with Crippen molar-refractivity contribution in [2.45, 2.75) is 257 Å². The van der Waals surface area contributed by atoms with Crippen LogP contribution in [-0.2, 0) is 128 Å². The summed E-state index contributed by atoms with van der Waals surface area (Å²) in [5.74, 6) is -15.3. The SMILES string of the molecule is CCC(CC)N(CC(=O)OC[C@H]1O[C@@H](O[Si](C)(C)C(C)(C)C)[C@H](N=[N+]=[N-])[C@@H](O[C@@H]2O[C@H](COC(C)=O)[C@H](OC(C)=O)[C@H](O[C@@]3(C(=O)OC)C[C@H](OC(C)=O)[C@@H](NC(C)=O)[C@H]([C@H](OC(C)=O)[C@@H](COC(C)=O)OC(C)=O)O3)[C@H]2OC(=O)c2ccccc2)[C@H]1OC(C)=O)C(=O)OC(C)(C)C. The third-order valence-corrected chi connectivity index (χ3v) is 20.2. The zero-order valence-corrected chi connectivity index (χ0v) is 59.7. The fraction of sp³-hybridized carbons (Fsp3) is 0.714. The highest BCUT2D eigenvalue weighted by Gasteiger charge is 2.65. The number of benzene rings is 1. The first-order valence-corrected chi connectivity index (χ1v) is 34.5. The number of hydrogen-bond acceptors (Lipinski definition) is 30. The van der Waals surface area contributed by atoms with Crippen LogP contribution < -0.4 is 5.32 Å². The van der Waals surface area contributed by atoms with Crippen LogP contribution in [0.2, 0.25) is 18.1 Å². The van der Waals surface area contributed by atoms with E-state index in [0.29, 0.717) is 12.8 Å². The van der Waals surface area contributed by atoms with Crippen molar-refractivity contribution in [3.8, 4) is 0 Å². The van der Waals surface area contributed by atoms with Gasteiger partial charge < -0.3 is 85.5 Å². The van der Waals surface area contributed by atoms with Crippen LogP contribution >= 0.6 is 0 Å². The number of azide groups is 1. The second-order valence-corrected chi connectivity index (χ2v) is 30.5. The lowest BCUT2D eigenvalue weighted by atomic mass is 9.87. The highest BCUT2D eigenvalue weighted by atomic mass is 28.4. The van der Waals surface area contributed by atoms with E-state index in [-0.39, 0.29) is 5.56 Å². The van der Waals surface area contributed by atoms with Crippen LogP contribution in [0.15, 0.2) is 35.4 Å². The quantitative estimate of drug-likeness (QED) is 0.0274. The number of amides is 2. The predicted octanol–water partition coefficient (Wildman–Crippen LogP) is 5.05. The summed E-state index contributed by atoms with van der Waals surface area (Å²) < 4.78 is 103. The molecule has 34 nitrogen and oxygen atoms in total. The van der Waals surface area contributed by atoms with E-state index in [1.54, 1.807) is 53.8 Å². The fourth-order valence-corrected chi connectivity index (χ4v) is 11.7. The molecule has 0 aliphatic carbocycles. The van der Waals surface area contributed by atoms with Gasteiger partial charge in [0, 0.05) is 66.3 Å². The number of methoxy groups -OCH3 is 1. The molecule has 0 unspecified atom stereocenters. The van der Waals surface area contributed by atoms with E-state index in [0.717, 1.165) is 62.5 Å². The monoisotopic (exact) mass is 1410 g/mol. The van der Waals surface area contributed by atoms with Gasteiger partial charge in [0.1, 0.15) is 74.6 Å². The molecule has 1 aromatic rings. The Kier molecular flexibility index (Phi) is 30.4. The van der Waals surface area contributed by atoms with Gasteiger partial charge in [0.25, 0.3) is 5.79 Å². The largest absolute Gasteiger partial charge is 0.465 e. The van der Waals surface area contributed by atoms with Crippen molar-refractivity contribution >= 4 is 80.0 Å². The second-order valence-electron chi connectivity index (χ2n) is 25.7. The van der Waals surface area contributed by atoms with Crippen LogP contribution in [0.5, 0.6) is 0 Å². The molecule has 3 aliphatic rings. The van der Waals surface area contributed by atoms with E-state index in [1.165, 1.54) is 29.2 Å². The molecule has 16 atom stereocenters. The third kappa shape index (κ3) is 23.6. The average molecular weight is 1410 g/mol. The molecule has 0 saturated carbocycles. The minimum absolute atomic E-state index is 0.190. The number of carbonyl (C=O) groups excluding carboxylic acids is 12. The van der Waals surface area contributed by atoms with Crippen LogP contribution in [0.1, 0.15) is 140 Å². The average Bonchev–Trinajstić information content (AvgIpc) is 0.744. The number of rotatable bonds is 29. The number of ether oxygens (including phenoxy) is 16. The molecule has 35 heteroatoms. The van der Waals surface area contributed by atoms with Gasteiger partial charge in [-0.2, -0.15) is 0 Å². The molecule has 0 radical (unpaired) electrons. The Morgan fingerprint density at radius 1 is 0.694 bits per heavy atom. The number of nitrogens with one attached hydrogen (secondary N) is 1. The van der Waals surface area contributed by atoms with Crippen molar-refractivity contribution in [1.29, 1.82) is 0 Å². The standard InChI is InChI=1S/C63H93N5O29Si/c1-20-41(21-2)68(60(80)96-61(11,12)13)28-46(77)84-31-45-49(87-37(8)74)52(48(66-67-64)57(90-45)97-98(18,19)62(14,15)16)93-58-55(92-56(78)40-25-23-22-24-26-40)54(51(89-39(10)76)44(91-58)30-83-34(5)71)95-63(59(79)81-17)27-42(85-35(6)72)47(65-32(3)69)53(94-63)50(88-38(9)75)43(86-36(7)73)29-82-33(4)70/h22-26,41-45,47-55,57-58H,20-21,27-31H2,1-19H3,(H,65,69)/t42-,43+,44+,45+,47+,48+,49-,50+,51-,52+,53+,54-,55+,57-,58-,63+/m0/s1. The van der Waals surface area contributed by atoms with Crippen molar-refractivity contribution in [1.82, 2.24) is 10.2 Å². The lowest BCUT2D eigenvalue weighted by Gasteiger charge is -2.52. The maximum Gasteiger partial charge on any atom is 0.411 e. The lowest BCUT2D eigenvalue weighted by molar-refractivity contribution is -0.379. The van der Waals surface area contributed by atoms with Crippen LogP contribution in [0.3, 0.4) is 0 Å². The first-order valence-electron chi connectivity index (χ1n) is 31.5. The number of esters is 10. The summed E-state index contributed by atoms with van der Waals surface area (Å²) in [6.45, 7) is 22.1. The van der Waals surface area contributed by atoms with E-state index in [4.69, 9.17) is 80.2 Å². The van der Waals surface area contributed by atoms with Crippen LogP contribution in [0.4, 0.5) is 4.79 Å². The molecule has 0 bridgehead atoms. The van der Waals surface area contributed by atoms with Crippen molar-refractivity contribution < 1.29 is 138 Å². The maximum atomic E-state index is 15.2. The lowest BCUT2D eigenvalue weighted by Crippen LogP contribution is -2.72. The van der Waals surface area contributed by atoms with Gasteiger partial charge in [0.15, 0.2) is 51.4 Å². The van der Waals surface area contributed by atoms with Gasteiger partial charge in [0.05, 0.1) is 25.1 Å². The first kappa shape index (κ1) is 82.4. The number of nitrogens with zero attached hydrogens (tertiary/aromatic N) is 4. The fourth-order valence-electron chi connectivity index (χ4n) is 10.6. The van der Waals surface area contributed by atoms with Crippen LogP contribution in [0.25, 0.3) is 10.4 Å². The van der Waals surface area contributed by atoms with Crippen LogP contribution in [-0.4, -0.2) is 228 Å². The van der Waals surface area contributed by atoms with E-state index in [2.05, 4.69) is 15.3 Å². The summed E-state index contributed by atoms with van der Waals surface area (Å²) in [6.07, 6.45) is -27.6. The first-order chi connectivity index (χ1) is 45.6. The van der Waals surface area contributed by atoms with Crippen molar-refractivity contribution in [3.63, 3.8) is 0 Å². The van der Waals surface area contributed by atoms with Crippen molar-refractivity contribution in [2.24, 2.45) is 5.11 Å². The molecular weight excluding hydrogens is 1320 g/mol. The normalized spacial score (nSPS) is 26.1. The molecule has 3 fully saturated rings. The number of hydrogen-bond donors (Lipinski definition) is 1. The Hall–Kier alpha value is -8.05. The van der Waals surface area contributed by atoms with Gasteiger partial charge >= 0.3 is 65.8 Å². The predicted molar refractivity (Wildman–Crippen MR) is 335 cm³/mol. The summed E-state index contributed by atoms with van der Waals surface area (Å²) in [7, 11) is -2.32. The van der Waals surface area contributed by atoms with Crippen molar-refractivity contribution in [3.05, 3.63) is 46.3 Å². The van der Waals surface area contributed by atoms with Gasteiger partial charge in [0.2, 0.25) is 5.91 Å².